The molecule has 7 heteroatoms. The molecule has 0 radical (unpaired) electrons. The molecule has 1 saturated heterocycles. The molecule has 0 unspecified atom stereocenters. The van der Waals surface area contributed by atoms with Gasteiger partial charge in [0.15, 0.2) is 0 Å². The van der Waals surface area contributed by atoms with Gasteiger partial charge in [0.25, 0.3) is 0 Å². The Kier molecular flexibility index (Phi) is 5.27. The molecule has 1 aromatic heterocycles. The van der Waals surface area contributed by atoms with Crippen LogP contribution < -0.4 is 10.2 Å². The van der Waals surface area contributed by atoms with Gasteiger partial charge in [0.1, 0.15) is 12.0 Å². The number of hydrogen-bond donors (Lipinski definition) is 2. The molecule has 2 aliphatic rings. The minimum Gasteiger partial charge on any atom is -0.486 e. The lowest BCUT2D eigenvalue weighted by molar-refractivity contribution is 0.220. The number of rotatable bonds is 5. The van der Waals surface area contributed by atoms with E-state index in [2.05, 4.69) is 17.0 Å². The Morgan fingerprint density at radius 3 is 2.44 bits per heavy atom. The van der Waals surface area contributed by atoms with Crippen molar-refractivity contribution in [2.75, 3.05) is 18.1 Å². The van der Waals surface area contributed by atoms with Crippen molar-refractivity contribution < 1.29 is 18.3 Å². The summed E-state index contributed by atoms with van der Waals surface area (Å²) in [7, 11) is -2.38. The molecule has 1 fully saturated rings. The van der Waals surface area contributed by atoms with Gasteiger partial charge in [-0.25, -0.2) is 0 Å². The van der Waals surface area contributed by atoms with Gasteiger partial charge in [0, 0.05) is 30.7 Å². The predicted molar refractivity (Wildman–Crippen MR) is 105 cm³/mol. The van der Waals surface area contributed by atoms with Crippen molar-refractivity contribution in [3.63, 3.8) is 0 Å². The molecule has 0 bridgehead atoms. The summed E-state index contributed by atoms with van der Waals surface area (Å²) in [5.74, 6) is 1.94. The maximum absolute atomic E-state index is 12.3. The first-order chi connectivity index (χ1) is 13.0. The summed E-state index contributed by atoms with van der Waals surface area (Å²) in [6.45, 7) is 2.71. The van der Waals surface area contributed by atoms with Gasteiger partial charge in [-0.05, 0) is 29.9 Å². The number of fused-ring (bicyclic) bond motifs is 1. The first-order valence-corrected chi connectivity index (χ1v) is 11.1. The molecule has 0 aliphatic carbocycles. The molecule has 2 aliphatic heterocycles. The van der Waals surface area contributed by atoms with Crippen LogP contribution in [0.4, 0.5) is 0 Å². The zero-order valence-electron chi connectivity index (χ0n) is 15.2. The fourth-order valence-corrected chi connectivity index (χ4v) is 5.32. The third-order valence-corrected chi connectivity index (χ3v) is 7.10. The number of nitrogens with zero attached hydrogens (tertiary/aromatic N) is 1. The van der Waals surface area contributed by atoms with Gasteiger partial charge in [-0.3, -0.25) is 18.8 Å². The molecule has 0 saturated carbocycles. The van der Waals surface area contributed by atoms with Crippen molar-refractivity contribution >= 4 is 10.6 Å². The topological polar surface area (TPSA) is 83.1 Å². The Morgan fingerprint density at radius 1 is 1.15 bits per heavy atom. The molecule has 0 spiro atoms. The van der Waals surface area contributed by atoms with Gasteiger partial charge in [-0.1, -0.05) is 24.3 Å². The Morgan fingerprint density at radius 2 is 1.81 bits per heavy atom. The fourth-order valence-electron chi connectivity index (χ4n) is 3.69. The van der Waals surface area contributed by atoms with Crippen LogP contribution in [0.1, 0.15) is 29.7 Å². The van der Waals surface area contributed by atoms with E-state index in [-0.39, 0.29) is 17.1 Å². The molecule has 2 aromatic rings. The zero-order valence-corrected chi connectivity index (χ0v) is 16.0. The Balaban J connectivity index is 1.31. The average molecular weight is 391 g/mol. The van der Waals surface area contributed by atoms with Crippen LogP contribution in [0.2, 0.25) is 0 Å². The van der Waals surface area contributed by atoms with E-state index in [0.29, 0.717) is 43.3 Å². The summed E-state index contributed by atoms with van der Waals surface area (Å²) < 4.78 is 30.6. The molecule has 4 rings (SSSR count). The van der Waals surface area contributed by atoms with Crippen molar-refractivity contribution in [2.45, 2.75) is 32.5 Å². The van der Waals surface area contributed by atoms with Crippen LogP contribution in [0, 0.1) is 5.92 Å². The van der Waals surface area contributed by atoms with Crippen molar-refractivity contribution in [1.29, 1.82) is 0 Å². The highest BCUT2D eigenvalue weighted by molar-refractivity contribution is 8.24. The van der Waals surface area contributed by atoms with E-state index in [1.165, 1.54) is 23.5 Å². The second-order valence-electron chi connectivity index (χ2n) is 7.45. The number of hydrogen-bond acceptors (Lipinski definition) is 6. The standard InChI is InChI=1S/C20H25NO5S/c22-19-9-18(12-21-10-16-3-1-2-4-17(16)11-21)25-14-20(19)26-13-15-5-7-27(23,24)8-6-15/h1-4,9,14-15,23-24H,5-8,10-13H2. The molecule has 3 heterocycles. The summed E-state index contributed by atoms with van der Waals surface area (Å²) in [5.41, 5.74) is 2.47. The lowest BCUT2D eigenvalue weighted by Gasteiger charge is -2.38. The quantitative estimate of drug-likeness (QED) is 0.809. The average Bonchev–Trinajstić information content (AvgIpc) is 3.04. The van der Waals surface area contributed by atoms with E-state index in [4.69, 9.17) is 9.15 Å². The molecule has 1 aromatic carbocycles. The number of ether oxygens (including phenoxy) is 1. The molecule has 27 heavy (non-hydrogen) atoms. The van der Waals surface area contributed by atoms with E-state index in [1.807, 2.05) is 12.1 Å². The van der Waals surface area contributed by atoms with Gasteiger partial charge < -0.3 is 9.15 Å². The molecular weight excluding hydrogens is 366 g/mol. The Hall–Kier alpha value is -1.80. The molecule has 146 valence electrons. The van der Waals surface area contributed by atoms with Crippen LogP contribution in [0.15, 0.2) is 45.8 Å². The van der Waals surface area contributed by atoms with Gasteiger partial charge >= 0.3 is 0 Å². The minimum atomic E-state index is -2.38. The lowest BCUT2D eigenvalue weighted by atomic mass is 10.0. The summed E-state index contributed by atoms with van der Waals surface area (Å²) in [6.07, 6.45) is 2.82. The van der Waals surface area contributed by atoms with Crippen molar-refractivity contribution in [3.05, 3.63) is 63.7 Å². The maximum atomic E-state index is 12.3. The van der Waals surface area contributed by atoms with E-state index >= 15 is 0 Å². The van der Waals surface area contributed by atoms with Gasteiger partial charge in [0.2, 0.25) is 11.2 Å². The lowest BCUT2D eigenvalue weighted by Crippen LogP contribution is -2.25. The van der Waals surface area contributed by atoms with Crippen LogP contribution in [0.5, 0.6) is 5.75 Å². The third-order valence-electron chi connectivity index (χ3n) is 5.32. The molecule has 2 N–H and O–H groups in total. The maximum Gasteiger partial charge on any atom is 0.227 e. The molecule has 6 nitrogen and oxygen atoms in total. The summed E-state index contributed by atoms with van der Waals surface area (Å²) in [6, 6.07) is 9.86. The smallest absolute Gasteiger partial charge is 0.227 e. The highest BCUT2D eigenvalue weighted by atomic mass is 32.3. The largest absolute Gasteiger partial charge is 0.486 e. The zero-order chi connectivity index (χ0) is 18.9. The first kappa shape index (κ1) is 18.6. The Bertz CT molecular complexity index is 830. The SMILES string of the molecule is O=c1cc(CN2Cc3ccccc3C2)occ1OCC1CCS(O)(O)CC1. The van der Waals surface area contributed by atoms with Crippen LogP contribution >= 0.6 is 10.6 Å². The van der Waals surface area contributed by atoms with E-state index in [1.54, 1.807) is 0 Å². The fraction of sp³-hybridized carbons (Fsp3) is 0.450. The number of benzene rings is 1. The van der Waals surface area contributed by atoms with E-state index < -0.39 is 10.6 Å². The van der Waals surface area contributed by atoms with Crippen LogP contribution in [-0.4, -0.2) is 32.1 Å². The summed E-state index contributed by atoms with van der Waals surface area (Å²) >= 11 is 0. The van der Waals surface area contributed by atoms with Gasteiger partial charge in [-0.15, -0.1) is 0 Å². The van der Waals surface area contributed by atoms with Crippen molar-refractivity contribution in [3.8, 4) is 5.75 Å². The normalized spacial score (nSPS) is 21.0. The van der Waals surface area contributed by atoms with Crippen LogP contribution in [0.3, 0.4) is 0 Å². The Labute approximate surface area is 160 Å². The summed E-state index contributed by atoms with van der Waals surface area (Å²) in [5, 5.41) is 0. The van der Waals surface area contributed by atoms with Crippen molar-refractivity contribution in [1.82, 2.24) is 4.90 Å². The molecular formula is C20H25NO5S. The van der Waals surface area contributed by atoms with E-state index in [9.17, 15) is 13.9 Å². The minimum absolute atomic E-state index is 0.173. The second kappa shape index (κ2) is 7.67. The second-order valence-corrected chi connectivity index (χ2v) is 9.87. The van der Waals surface area contributed by atoms with Gasteiger partial charge in [0.05, 0.1) is 13.2 Å². The predicted octanol–water partition coefficient (Wildman–Crippen LogP) is 3.70. The monoisotopic (exact) mass is 391 g/mol. The summed E-state index contributed by atoms with van der Waals surface area (Å²) in [4.78, 5) is 14.6. The highest BCUT2D eigenvalue weighted by Gasteiger charge is 2.25. The first-order valence-electron chi connectivity index (χ1n) is 9.26. The molecule has 0 atom stereocenters. The van der Waals surface area contributed by atoms with Crippen LogP contribution in [-0.2, 0) is 19.6 Å². The highest BCUT2D eigenvalue weighted by Crippen LogP contribution is 2.45. The van der Waals surface area contributed by atoms with Crippen LogP contribution in [0.25, 0.3) is 0 Å². The third kappa shape index (κ3) is 4.55. The van der Waals surface area contributed by atoms with Crippen molar-refractivity contribution in [2.24, 2.45) is 5.92 Å². The van der Waals surface area contributed by atoms with E-state index in [0.717, 1.165) is 13.1 Å². The van der Waals surface area contributed by atoms with Gasteiger partial charge in [-0.2, -0.15) is 10.6 Å². The molecule has 0 amide bonds.